The number of carbonyl (C=O) groups is 1. The van der Waals surface area contributed by atoms with Gasteiger partial charge in [-0.2, -0.15) is 5.10 Å². The van der Waals surface area contributed by atoms with E-state index in [0.29, 0.717) is 28.0 Å². The molecule has 1 amide bonds. The van der Waals surface area contributed by atoms with Crippen molar-refractivity contribution in [2.24, 2.45) is 0 Å². The number of carbonyl (C=O) groups excluding carboxylic acids is 1. The van der Waals surface area contributed by atoms with E-state index in [0.717, 1.165) is 16.8 Å². The smallest absolute Gasteiger partial charge is 0.275 e. The molecule has 1 aliphatic rings. The molecule has 1 aliphatic heterocycles. The summed E-state index contributed by atoms with van der Waals surface area (Å²) in [6, 6.07) is 14.7. The number of aromatic nitrogens is 2. The van der Waals surface area contributed by atoms with Gasteiger partial charge in [-0.05, 0) is 35.9 Å². The first-order valence-electron chi connectivity index (χ1n) is 8.74. The SMILES string of the molecule is O=C1c2nn(-c3ccccc3Cl)c(/C=C/c3ccc(Cl)cc3)c2CN1CCF. The van der Waals surface area contributed by atoms with E-state index in [-0.39, 0.29) is 12.5 Å². The topological polar surface area (TPSA) is 38.1 Å². The number of alkyl halides is 1. The first kappa shape index (κ1) is 18.7. The number of nitrogens with zero attached hydrogens (tertiary/aromatic N) is 3. The molecule has 2 heterocycles. The van der Waals surface area contributed by atoms with Gasteiger partial charge >= 0.3 is 0 Å². The Morgan fingerprint density at radius 2 is 1.82 bits per heavy atom. The summed E-state index contributed by atoms with van der Waals surface area (Å²) >= 11 is 12.3. The maximum absolute atomic E-state index is 12.8. The number of hydrogen-bond donors (Lipinski definition) is 0. The molecule has 0 saturated heterocycles. The normalized spacial score (nSPS) is 13.5. The van der Waals surface area contributed by atoms with Gasteiger partial charge in [0.15, 0.2) is 5.69 Å². The van der Waals surface area contributed by atoms with E-state index >= 15 is 0 Å². The summed E-state index contributed by atoms with van der Waals surface area (Å²) in [4.78, 5) is 14.1. The molecule has 0 N–H and O–H groups in total. The monoisotopic (exact) mass is 415 g/mol. The van der Waals surface area contributed by atoms with E-state index in [4.69, 9.17) is 23.2 Å². The summed E-state index contributed by atoms with van der Waals surface area (Å²) in [7, 11) is 0. The van der Waals surface area contributed by atoms with Crippen LogP contribution in [0.25, 0.3) is 17.8 Å². The number of para-hydroxylation sites is 1. The van der Waals surface area contributed by atoms with Gasteiger partial charge in [0.25, 0.3) is 5.91 Å². The van der Waals surface area contributed by atoms with Gasteiger partial charge in [-0.25, -0.2) is 9.07 Å². The average molecular weight is 416 g/mol. The third-order valence-corrected chi connectivity index (χ3v) is 5.17. The molecule has 2 aromatic carbocycles. The minimum Gasteiger partial charge on any atom is -0.330 e. The molecule has 0 atom stereocenters. The molecule has 0 saturated carbocycles. The predicted molar refractivity (Wildman–Crippen MR) is 110 cm³/mol. The number of halogens is 3. The highest BCUT2D eigenvalue weighted by Gasteiger charge is 2.34. The van der Waals surface area contributed by atoms with Crippen LogP contribution in [0.15, 0.2) is 48.5 Å². The minimum absolute atomic E-state index is 0.0572. The Morgan fingerprint density at radius 3 is 2.54 bits per heavy atom. The Balaban J connectivity index is 1.81. The fourth-order valence-electron chi connectivity index (χ4n) is 3.21. The Bertz CT molecular complexity index is 1060. The van der Waals surface area contributed by atoms with Crippen molar-refractivity contribution >= 4 is 41.3 Å². The Kier molecular flexibility index (Phi) is 5.20. The van der Waals surface area contributed by atoms with Crippen molar-refractivity contribution in [3.8, 4) is 5.69 Å². The van der Waals surface area contributed by atoms with Gasteiger partial charge < -0.3 is 4.90 Å². The van der Waals surface area contributed by atoms with E-state index in [2.05, 4.69) is 5.10 Å². The van der Waals surface area contributed by atoms with Gasteiger partial charge in [-0.1, -0.05) is 53.5 Å². The van der Waals surface area contributed by atoms with Gasteiger partial charge in [0.1, 0.15) is 6.67 Å². The van der Waals surface area contributed by atoms with E-state index in [1.54, 1.807) is 10.7 Å². The standard InChI is InChI=1S/C21H16Cl2FN3O/c22-15-8-5-14(6-9-15)7-10-18-16-13-26(12-11-24)21(28)20(16)25-27(18)19-4-2-1-3-17(19)23/h1-10H,11-13H2/b10-7+. The highest BCUT2D eigenvalue weighted by Crippen LogP contribution is 2.31. The lowest BCUT2D eigenvalue weighted by Gasteiger charge is -2.15. The zero-order chi connectivity index (χ0) is 19.7. The first-order chi connectivity index (χ1) is 13.6. The molecule has 0 unspecified atom stereocenters. The van der Waals surface area contributed by atoms with Crippen molar-refractivity contribution in [2.45, 2.75) is 6.54 Å². The van der Waals surface area contributed by atoms with E-state index in [1.165, 1.54) is 4.90 Å². The molecule has 0 fully saturated rings. The van der Waals surface area contributed by atoms with E-state index in [1.807, 2.05) is 54.6 Å². The number of amides is 1. The Labute approximate surface area is 171 Å². The summed E-state index contributed by atoms with van der Waals surface area (Å²) in [6.07, 6.45) is 3.81. The van der Waals surface area contributed by atoms with Crippen LogP contribution in [0.3, 0.4) is 0 Å². The molecule has 0 radical (unpaired) electrons. The zero-order valence-electron chi connectivity index (χ0n) is 14.8. The van der Waals surface area contributed by atoms with Crippen LogP contribution in [-0.4, -0.2) is 33.8 Å². The number of hydrogen-bond acceptors (Lipinski definition) is 2. The summed E-state index contributed by atoms with van der Waals surface area (Å²) in [5, 5.41) is 5.69. The molecular weight excluding hydrogens is 400 g/mol. The molecule has 28 heavy (non-hydrogen) atoms. The molecule has 1 aromatic heterocycles. The third-order valence-electron chi connectivity index (χ3n) is 4.60. The van der Waals surface area contributed by atoms with Crippen molar-refractivity contribution in [1.29, 1.82) is 0 Å². The molecule has 0 aliphatic carbocycles. The predicted octanol–water partition coefficient (Wildman–Crippen LogP) is 5.27. The molecule has 4 rings (SSSR count). The molecule has 0 spiro atoms. The van der Waals surface area contributed by atoms with Crippen molar-refractivity contribution in [2.75, 3.05) is 13.2 Å². The van der Waals surface area contributed by atoms with Crippen LogP contribution < -0.4 is 0 Å². The van der Waals surface area contributed by atoms with Gasteiger partial charge in [-0.15, -0.1) is 0 Å². The highest BCUT2D eigenvalue weighted by atomic mass is 35.5. The molecule has 3 aromatic rings. The third kappa shape index (κ3) is 3.43. The lowest BCUT2D eigenvalue weighted by atomic mass is 10.1. The van der Waals surface area contributed by atoms with Crippen molar-refractivity contribution in [3.05, 3.63) is 81.1 Å². The van der Waals surface area contributed by atoms with Gasteiger partial charge in [0.05, 0.1) is 22.9 Å². The fourth-order valence-corrected chi connectivity index (χ4v) is 3.56. The first-order valence-corrected chi connectivity index (χ1v) is 9.50. The molecular formula is C21H16Cl2FN3O. The quantitative estimate of drug-likeness (QED) is 0.568. The van der Waals surface area contributed by atoms with Crippen LogP contribution in [0.2, 0.25) is 10.0 Å². The van der Waals surface area contributed by atoms with Crippen LogP contribution >= 0.6 is 23.2 Å². The van der Waals surface area contributed by atoms with Crippen LogP contribution in [0.1, 0.15) is 27.3 Å². The molecule has 7 heteroatoms. The Morgan fingerprint density at radius 1 is 1.07 bits per heavy atom. The van der Waals surface area contributed by atoms with Crippen LogP contribution in [0, 0.1) is 0 Å². The molecule has 142 valence electrons. The highest BCUT2D eigenvalue weighted by molar-refractivity contribution is 6.32. The maximum Gasteiger partial charge on any atom is 0.275 e. The second-order valence-corrected chi connectivity index (χ2v) is 7.22. The average Bonchev–Trinajstić information content (AvgIpc) is 3.19. The Hall–Kier alpha value is -2.63. The number of fused-ring (bicyclic) bond motifs is 1. The number of rotatable bonds is 5. The largest absolute Gasteiger partial charge is 0.330 e. The summed E-state index contributed by atoms with van der Waals surface area (Å²) in [6.45, 7) is -0.207. The lowest BCUT2D eigenvalue weighted by Crippen LogP contribution is -2.27. The second-order valence-electron chi connectivity index (χ2n) is 6.38. The van der Waals surface area contributed by atoms with Gasteiger partial charge in [0, 0.05) is 17.1 Å². The van der Waals surface area contributed by atoms with Crippen molar-refractivity contribution in [1.82, 2.24) is 14.7 Å². The lowest BCUT2D eigenvalue weighted by molar-refractivity contribution is 0.0761. The molecule has 4 nitrogen and oxygen atoms in total. The van der Waals surface area contributed by atoms with Crippen molar-refractivity contribution in [3.63, 3.8) is 0 Å². The van der Waals surface area contributed by atoms with Gasteiger partial charge in [-0.3, -0.25) is 4.79 Å². The van der Waals surface area contributed by atoms with Gasteiger partial charge in [0.2, 0.25) is 0 Å². The van der Waals surface area contributed by atoms with E-state index < -0.39 is 6.67 Å². The molecule has 0 bridgehead atoms. The minimum atomic E-state index is -0.587. The fraction of sp³-hybridized carbons (Fsp3) is 0.143. The van der Waals surface area contributed by atoms with Crippen LogP contribution in [-0.2, 0) is 6.54 Å². The zero-order valence-corrected chi connectivity index (χ0v) is 16.3. The maximum atomic E-state index is 12.8. The number of benzene rings is 2. The summed E-state index contributed by atoms with van der Waals surface area (Å²) < 4.78 is 14.5. The van der Waals surface area contributed by atoms with Crippen LogP contribution in [0.5, 0.6) is 0 Å². The van der Waals surface area contributed by atoms with Crippen molar-refractivity contribution < 1.29 is 9.18 Å². The van der Waals surface area contributed by atoms with Crippen LogP contribution in [0.4, 0.5) is 4.39 Å². The second kappa shape index (κ2) is 7.78. The summed E-state index contributed by atoms with van der Waals surface area (Å²) in [5.74, 6) is -0.264. The summed E-state index contributed by atoms with van der Waals surface area (Å²) in [5.41, 5.74) is 3.48. The van der Waals surface area contributed by atoms with E-state index in [9.17, 15) is 9.18 Å².